The summed E-state index contributed by atoms with van der Waals surface area (Å²) in [5, 5.41) is 5.76. The standard InChI is InChI=1S/C32H27N5OS/c1-20-8-2-5-11-27(20)35-32(39)37-36-31(38)22-16-14-21(15-17-22)30(25-18-33-28-12-6-3-9-23(25)28)26-19-34-29-13-7-4-10-24(26)29/h2-19,30,33-34H,1H3,(H,36,38)(H2,35,37,39). The van der Waals surface area contributed by atoms with Gasteiger partial charge >= 0.3 is 0 Å². The number of hydrogen-bond donors (Lipinski definition) is 5. The fraction of sp³-hybridized carbons (Fsp3) is 0.0625. The highest BCUT2D eigenvalue weighted by Gasteiger charge is 2.23. The van der Waals surface area contributed by atoms with E-state index in [0.717, 1.165) is 27.8 Å². The van der Waals surface area contributed by atoms with Gasteiger partial charge < -0.3 is 15.3 Å². The Hall–Kier alpha value is -4.88. The van der Waals surface area contributed by atoms with Crippen molar-refractivity contribution >= 4 is 50.7 Å². The molecule has 6 aromatic rings. The van der Waals surface area contributed by atoms with Crippen LogP contribution < -0.4 is 16.2 Å². The number of aromatic nitrogens is 2. The molecule has 2 heterocycles. The molecular formula is C32H27N5OS. The van der Waals surface area contributed by atoms with Crippen molar-refractivity contribution in [3.05, 3.63) is 137 Å². The third-order valence-electron chi connectivity index (χ3n) is 7.05. The Morgan fingerprint density at radius 2 is 1.28 bits per heavy atom. The van der Waals surface area contributed by atoms with Crippen LogP contribution in [0, 0.1) is 6.92 Å². The van der Waals surface area contributed by atoms with Crippen LogP contribution in [-0.4, -0.2) is 21.0 Å². The second-order valence-electron chi connectivity index (χ2n) is 9.48. The first kappa shape index (κ1) is 24.5. The number of carbonyl (C=O) groups excluding carboxylic acids is 1. The highest BCUT2D eigenvalue weighted by molar-refractivity contribution is 7.80. The van der Waals surface area contributed by atoms with Crippen LogP contribution in [0.4, 0.5) is 5.69 Å². The summed E-state index contributed by atoms with van der Waals surface area (Å²) in [6, 6.07) is 32.2. The van der Waals surface area contributed by atoms with Crippen LogP contribution in [0.5, 0.6) is 0 Å². The third kappa shape index (κ3) is 4.87. The van der Waals surface area contributed by atoms with Crippen molar-refractivity contribution in [3.63, 3.8) is 0 Å². The van der Waals surface area contributed by atoms with E-state index in [1.165, 1.54) is 21.9 Å². The minimum atomic E-state index is -0.272. The molecule has 4 aromatic carbocycles. The summed E-state index contributed by atoms with van der Waals surface area (Å²) in [5.41, 5.74) is 13.6. The molecule has 0 saturated carbocycles. The molecule has 0 bridgehead atoms. The number of rotatable bonds is 5. The minimum absolute atomic E-state index is 0.0292. The van der Waals surface area contributed by atoms with Crippen molar-refractivity contribution < 1.29 is 4.79 Å². The van der Waals surface area contributed by atoms with Gasteiger partial charge in [0, 0.05) is 51.4 Å². The van der Waals surface area contributed by atoms with E-state index in [4.69, 9.17) is 12.2 Å². The van der Waals surface area contributed by atoms with Crippen molar-refractivity contribution in [2.75, 3.05) is 5.32 Å². The number of H-pyrrole nitrogens is 2. The number of aromatic amines is 2. The van der Waals surface area contributed by atoms with Crippen molar-refractivity contribution in [1.29, 1.82) is 0 Å². The van der Waals surface area contributed by atoms with Gasteiger partial charge in [0.1, 0.15) is 0 Å². The van der Waals surface area contributed by atoms with Crippen LogP contribution in [0.3, 0.4) is 0 Å². The molecule has 39 heavy (non-hydrogen) atoms. The third-order valence-corrected chi connectivity index (χ3v) is 7.26. The number of anilines is 1. The van der Waals surface area contributed by atoms with Gasteiger partial charge in [-0.1, -0.05) is 66.7 Å². The van der Waals surface area contributed by atoms with Gasteiger partial charge in [0.05, 0.1) is 0 Å². The maximum atomic E-state index is 12.9. The van der Waals surface area contributed by atoms with E-state index >= 15 is 0 Å². The molecule has 0 fully saturated rings. The van der Waals surface area contributed by atoms with Crippen molar-refractivity contribution in [2.24, 2.45) is 0 Å². The molecule has 0 saturated heterocycles. The summed E-state index contributed by atoms with van der Waals surface area (Å²) >= 11 is 5.34. The first-order valence-corrected chi connectivity index (χ1v) is 13.1. The molecule has 6 nitrogen and oxygen atoms in total. The molecule has 0 radical (unpaired) electrons. The number of carbonyl (C=O) groups is 1. The molecule has 7 heteroatoms. The van der Waals surface area contributed by atoms with Crippen molar-refractivity contribution in [2.45, 2.75) is 12.8 Å². The molecule has 0 aliphatic carbocycles. The number of thiocarbonyl (C=S) groups is 1. The number of nitrogens with one attached hydrogen (secondary N) is 5. The minimum Gasteiger partial charge on any atom is -0.361 e. The molecule has 1 amide bonds. The Morgan fingerprint density at radius 3 is 1.90 bits per heavy atom. The zero-order valence-corrected chi connectivity index (χ0v) is 22.1. The first-order chi connectivity index (χ1) is 19.1. The summed E-state index contributed by atoms with van der Waals surface area (Å²) in [7, 11) is 0. The summed E-state index contributed by atoms with van der Waals surface area (Å²) < 4.78 is 0. The molecule has 5 N–H and O–H groups in total. The van der Waals surface area contributed by atoms with Gasteiger partial charge in [0.2, 0.25) is 0 Å². The number of fused-ring (bicyclic) bond motifs is 2. The lowest BCUT2D eigenvalue weighted by molar-refractivity contribution is 0.0944. The second kappa shape index (κ2) is 10.5. The van der Waals surface area contributed by atoms with Gasteiger partial charge in [-0.15, -0.1) is 0 Å². The van der Waals surface area contributed by atoms with E-state index in [0.29, 0.717) is 10.7 Å². The predicted octanol–water partition coefficient (Wildman–Crippen LogP) is 6.77. The van der Waals surface area contributed by atoms with Gasteiger partial charge in [-0.3, -0.25) is 15.6 Å². The molecule has 192 valence electrons. The maximum absolute atomic E-state index is 12.9. The number of para-hydroxylation sites is 3. The van der Waals surface area contributed by atoms with Gasteiger partial charge in [0.25, 0.3) is 5.91 Å². The molecule has 0 unspecified atom stereocenters. The molecule has 0 atom stereocenters. The lowest BCUT2D eigenvalue weighted by Crippen LogP contribution is -2.43. The highest BCUT2D eigenvalue weighted by Crippen LogP contribution is 2.39. The van der Waals surface area contributed by atoms with Crippen molar-refractivity contribution in [1.82, 2.24) is 20.8 Å². The van der Waals surface area contributed by atoms with E-state index in [2.05, 4.69) is 74.9 Å². The van der Waals surface area contributed by atoms with E-state index < -0.39 is 0 Å². The van der Waals surface area contributed by atoms with Gasteiger partial charge in [0.15, 0.2) is 5.11 Å². The Balaban J connectivity index is 1.26. The quantitative estimate of drug-likeness (QED) is 0.126. The Kier molecular flexibility index (Phi) is 6.57. The summed E-state index contributed by atoms with van der Waals surface area (Å²) in [6.45, 7) is 1.99. The number of hydrazine groups is 1. The zero-order valence-electron chi connectivity index (χ0n) is 21.3. The average molecular weight is 530 g/mol. The topological polar surface area (TPSA) is 84.7 Å². The largest absolute Gasteiger partial charge is 0.361 e. The van der Waals surface area contributed by atoms with E-state index in [1.807, 2.05) is 67.6 Å². The monoisotopic (exact) mass is 529 g/mol. The fourth-order valence-electron chi connectivity index (χ4n) is 5.07. The van der Waals surface area contributed by atoms with Crippen LogP contribution in [0.15, 0.2) is 109 Å². The first-order valence-electron chi connectivity index (χ1n) is 12.7. The number of benzene rings is 4. The van der Waals surface area contributed by atoms with E-state index in [1.54, 1.807) is 0 Å². The smallest absolute Gasteiger partial charge is 0.269 e. The molecular weight excluding hydrogens is 502 g/mol. The zero-order chi connectivity index (χ0) is 26.8. The predicted molar refractivity (Wildman–Crippen MR) is 162 cm³/mol. The second-order valence-corrected chi connectivity index (χ2v) is 9.89. The molecule has 6 rings (SSSR count). The lowest BCUT2D eigenvalue weighted by atomic mass is 9.84. The van der Waals surface area contributed by atoms with E-state index in [-0.39, 0.29) is 11.8 Å². The van der Waals surface area contributed by atoms with Crippen LogP contribution in [0.2, 0.25) is 0 Å². The van der Waals surface area contributed by atoms with Crippen LogP contribution in [0.25, 0.3) is 21.8 Å². The normalized spacial score (nSPS) is 11.1. The molecule has 0 aliphatic rings. The summed E-state index contributed by atoms with van der Waals surface area (Å²) in [5.74, 6) is -0.301. The number of hydrogen-bond acceptors (Lipinski definition) is 2. The maximum Gasteiger partial charge on any atom is 0.269 e. The molecule has 0 spiro atoms. The number of amides is 1. The summed E-state index contributed by atoms with van der Waals surface area (Å²) in [4.78, 5) is 19.7. The average Bonchev–Trinajstić information content (AvgIpc) is 3.59. The molecule has 0 aliphatic heterocycles. The molecule has 2 aromatic heterocycles. The highest BCUT2D eigenvalue weighted by atomic mass is 32.1. The Morgan fingerprint density at radius 1 is 0.718 bits per heavy atom. The lowest BCUT2D eigenvalue weighted by Gasteiger charge is -2.18. The van der Waals surface area contributed by atoms with Gasteiger partial charge in [-0.2, -0.15) is 0 Å². The van der Waals surface area contributed by atoms with Gasteiger partial charge in [-0.05, 0) is 71.7 Å². The van der Waals surface area contributed by atoms with Gasteiger partial charge in [-0.25, -0.2) is 0 Å². The SMILES string of the molecule is Cc1ccccc1NC(=S)NNC(=O)c1ccc(C(c2c[nH]c3ccccc23)c2c[nH]c3ccccc23)cc1. The number of aryl methyl sites for hydroxylation is 1. The van der Waals surface area contributed by atoms with E-state index in [9.17, 15) is 4.79 Å². The Bertz CT molecular complexity index is 1730. The Labute approximate surface area is 231 Å². The van der Waals surface area contributed by atoms with Crippen LogP contribution in [-0.2, 0) is 0 Å². The summed E-state index contributed by atoms with van der Waals surface area (Å²) in [6.07, 6.45) is 4.17. The van der Waals surface area contributed by atoms with Crippen LogP contribution >= 0.6 is 12.2 Å². The van der Waals surface area contributed by atoms with Crippen molar-refractivity contribution in [3.8, 4) is 0 Å². The van der Waals surface area contributed by atoms with Crippen LogP contribution in [0.1, 0.15) is 38.5 Å². The fourth-order valence-corrected chi connectivity index (χ4v) is 5.23.